The lowest BCUT2D eigenvalue weighted by Gasteiger charge is -2.12. The number of allylic oxidation sites excluding steroid dienone is 4. The van der Waals surface area contributed by atoms with Gasteiger partial charge in [-0.05, 0) is 61.4 Å². The van der Waals surface area contributed by atoms with E-state index in [2.05, 4.69) is 10.3 Å². The number of nitrogens with zero attached hydrogens (tertiary/aromatic N) is 1. The van der Waals surface area contributed by atoms with Crippen molar-refractivity contribution in [2.45, 2.75) is 12.8 Å². The van der Waals surface area contributed by atoms with Gasteiger partial charge in [-0.1, -0.05) is 12.2 Å². The first kappa shape index (κ1) is 24.2. The van der Waals surface area contributed by atoms with Gasteiger partial charge in [0.2, 0.25) is 0 Å². The number of carbonyl (C=O) groups is 2. The Morgan fingerprint density at radius 1 is 1.15 bits per heavy atom. The third-order valence-electron chi connectivity index (χ3n) is 4.94. The number of aliphatic imine (C=N–C) groups is 1. The topological polar surface area (TPSA) is 123 Å². The number of carboxylic acid groups (broad SMARTS) is 1. The van der Waals surface area contributed by atoms with Gasteiger partial charge in [0.25, 0.3) is 5.91 Å². The largest absolute Gasteiger partial charge is 0.493 e. The van der Waals surface area contributed by atoms with Crippen molar-refractivity contribution in [3.8, 4) is 11.5 Å². The molecule has 3 rings (SSSR count). The summed E-state index contributed by atoms with van der Waals surface area (Å²) in [7, 11) is 3.10. The number of rotatable bonds is 7. The van der Waals surface area contributed by atoms with Crippen LogP contribution in [0.2, 0.25) is 0 Å². The molecular formula is C25H24FN3O5. The zero-order chi connectivity index (χ0) is 24.7. The number of amides is 1. The summed E-state index contributed by atoms with van der Waals surface area (Å²) in [6.45, 7) is 0. The average molecular weight is 465 g/mol. The zero-order valence-electron chi connectivity index (χ0n) is 18.7. The third-order valence-corrected chi connectivity index (χ3v) is 4.94. The first-order valence-electron chi connectivity index (χ1n) is 10.3. The van der Waals surface area contributed by atoms with Crippen molar-refractivity contribution in [1.82, 2.24) is 0 Å². The Balaban J connectivity index is 1.84. The van der Waals surface area contributed by atoms with E-state index in [0.717, 1.165) is 17.7 Å². The minimum Gasteiger partial charge on any atom is -0.493 e. The Kier molecular flexibility index (Phi) is 7.81. The fourth-order valence-electron chi connectivity index (χ4n) is 3.21. The molecule has 176 valence electrons. The molecule has 0 atom stereocenters. The molecule has 0 unspecified atom stereocenters. The standard InChI is InChI=1S/C25H24FN3O5/c1-33-22-11-8-15(12-23(22)34-2)21-7-5-3-4-6-16(28-21)14-20(27)24(30)29-17-9-10-18(25(31)32)19(26)13-17/h3,5,7-14H,4,6,27H2,1-2H3,(H,29,30)(H,31,32)/b5-3-,20-14?,21-7-,28-16?. The predicted octanol–water partition coefficient (Wildman–Crippen LogP) is 4.15. The normalized spacial score (nSPS) is 16.3. The Morgan fingerprint density at radius 2 is 1.91 bits per heavy atom. The van der Waals surface area contributed by atoms with Gasteiger partial charge in [0.15, 0.2) is 11.5 Å². The fraction of sp³-hybridized carbons (Fsp3) is 0.160. The highest BCUT2D eigenvalue weighted by Gasteiger charge is 2.14. The Bertz CT molecular complexity index is 1230. The Labute approximate surface area is 195 Å². The van der Waals surface area contributed by atoms with Crippen molar-refractivity contribution >= 4 is 29.0 Å². The molecular weight excluding hydrogens is 441 g/mol. The number of halogens is 1. The summed E-state index contributed by atoms with van der Waals surface area (Å²) in [5, 5.41) is 11.4. The quantitative estimate of drug-likeness (QED) is 0.528. The SMILES string of the molecule is COc1ccc(/C2=C/C=C\CCC(C=C(N)C(=O)Nc3ccc(C(=O)O)c(F)c3)=N2)cc1OC. The smallest absolute Gasteiger partial charge is 0.338 e. The van der Waals surface area contributed by atoms with Crippen LogP contribution in [0.15, 0.2) is 71.4 Å². The van der Waals surface area contributed by atoms with Crippen LogP contribution in [-0.4, -0.2) is 36.9 Å². The minimum atomic E-state index is -1.40. The van der Waals surface area contributed by atoms with Crippen LogP contribution in [0.3, 0.4) is 0 Å². The maximum absolute atomic E-state index is 13.9. The van der Waals surface area contributed by atoms with Gasteiger partial charge in [-0.15, -0.1) is 0 Å². The molecule has 4 N–H and O–H groups in total. The molecule has 8 nitrogen and oxygen atoms in total. The highest BCUT2D eigenvalue weighted by Crippen LogP contribution is 2.31. The van der Waals surface area contributed by atoms with Gasteiger partial charge in [-0.25, -0.2) is 9.18 Å². The second-order valence-corrected chi connectivity index (χ2v) is 7.25. The van der Waals surface area contributed by atoms with E-state index in [4.69, 9.17) is 20.3 Å². The molecule has 1 aliphatic heterocycles. The van der Waals surface area contributed by atoms with Gasteiger partial charge >= 0.3 is 5.97 Å². The van der Waals surface area contributed by atoms with Crippen LogP contribution in [0, 0.1) is 5.82 Å². The van der Waals surface area contributed by atoms with E-state index in [1.54, 1.807) is 26.4 Å². The van der Waals surface area contributed by atoms with E-state index in [-0.39, 0.29) is 11.4 Å². The van der Waals surface area contributed by atoms with E-state index >= 15 is 0 Å². The predicted molar refractivity (Wildman–Crippen MR) is 128 cm³/mol. The molecule has 1 amide bonds. The first-order valence-corrected chi connectivity index (χ1v) is 10.3. The molecule has 0 saturated heterocycles. The van der Waals surface area contributed by atoms with E-state index in [1.807, 2.05) is 24.3 Å². The molecule has 0 spiro atoms. The summed E-state index contributed by atoms with van der Waals surface area (Å²) in [6.07, 6.45) is 8.43. The number of hydrogen-bond donors (Lipinski definition) is 3. The summed E-state index contributed by atoms with van der Waals surface area (Å²) in [4.78, 5) is 28.1. The number of ether oxygens (including phenoxy) is 2. The lowest BCUT2D eigenvalue weighted by atomic mass is 10.1. The lowest BCUT2D eigenvalue weighted by Crippen LogP contribution is -2.21. The molecule has 2 aromatic carbocycles. The molecule has 1 aliphatic rings. The van der Waals surface area contributed by atoms with Crippen molar-refractivity contribution in [1.29, 1.82) is 0 Å². The van der Waals surface area contributed by atoms with Crippen LogP contribution in [0.5, 0.6) is 11.5 Å². The van der Waals surface area contributed by atoms with Gasteiger partial charge in [-0.2, -0.15) is 0 Å². The van der Waals surface area contributed by atoms with Crippen LogP contribution in [0.25, 0.3) is 5.70 Å². The maximum Gasteiger partial charge on any atom is 0.338 e. The summed E-state index contributed by atoms with van der Waals surface area (Å²) >= 11 is 0. The number of carboxylic acids is 1. The summed E-state index contributed by atoms with van der Waals surface area (Å²) in [6, 6.07) is 8.70. The van der Waals surface area contributed by atoms with Gasteiger partial charge in [0.1, 0.15) is 5.82 Å². The number of aromatic carboxylic acids is 1. The van der Waals surface area contributed by atoms with Gasteiger partial charge in [0.05, 0.1) is 31.2 Å². The number of hydrogen-bond acceptors (Lipinski definition) is 6. The van der Waals surface area contributed by atoms with Gasteiger partial charge in [-0.3, -0.25) is 9.79 Å². The molecule has 0 radical (unpaired) electrons. The van der Waals surface area contributed by atoms with Crippen molar-refractivity contribution in [2.24, 2.45) is 10.7 Å². The number of nitrogens with two attached hydrogens (primary N) is 1. The fourth-order valence-corrected chi connectivity index (χ4v) is 3.21. The molecule has 0 aromatic heterocycles. The molecule has 0 fully saturated rings. The lowest BCUT2D eigenvalue weighted by molar-refractivity contribution is -0.112. The van der Waals surface area contributed by atoms with Crippen LogP contribution in [0.4, 0.5) is 10.1 Å². The van der Waals surface area contributed by atoms with E-state index < -0.39 is 23.3 Å². The van der Waals surface area contributed by atoms with Crippen LogP contribution >= 0.6 is 0 Å². The highest BCUT2D eigenvalue weighted by molar-refractivity contribution is 6.09. The number of anilines is 1. The molecule has 2 aromatic rings. The van der Waals surface area contributed by atoms with Crippen molar-refractivity contribution in [2.75, 3.05) is 19.5 Å². The zero-order valence-corrected chi connectivity index (χ0v) is 18.7. The minimum absolute atomic E-state index is 0.0808. The molecule has 0 aliphatic carbocycles. The van der Waals surface area contributed by atoms with Crippen LogP contribution in [-0.2, 0) is 4.79 Å². The number of methoxy groups -OCH3 is 2. The van der Waals surface area contributed by atoms with Gasteiger partial charge < -0.3 is 25.6 Å². The van der Waals surface area contributed by atoms with Crippen molar-refractivity contribution in [3.05, 3.63) is 83.3 Å². The maximum atomic E-state index is 13.9. The summed E-state index contributed by atoms with van der Waals surface area (Å²) in [5.74, 6) is -1.89. The molecule has 1 heterocycles. The van der Waals surface area contributed by atoms with Crippen LogP contribution in [0.1, 0.15) is 28.8 Å². The number of carbonyl (C=O) groups excluding carboxylic acids is 1. The Morgan fingerprint density at radius 3 is 2.59 bits per heavy atom. The highest BCUT2D eigenvalue weighted by atomic mass is 19.1. The average Bonchev–Trinajstić information content (AvgIpc) is 2.79. The molecule has 0 saturated carbocycles. The molecule has 0 bridgehead atoms. The van der Waals surface area contributed by atoms with E-state index in [9.17, 15) is 14.0 Å². The monoisotopic (exact) mass is 465 g/mol. The van der Waals surface area contributed by atoms with Crippen molar-refractivity contribution in [3.63, 3.8) is 0 Å². The second kappa shape index (κ2) is 11.0. The Hall–Kier alpha value is -4.40. The van der Waals surface area contributed by atoms with Crippen molar-refractivity contribution < 1.29 is 28.6 Å². The van der Waals surface area contributed by atoms with E-state index in [1.165, 1.54) is 12.1 Å². The van der Waals surface area contributed by atoms with E-state index in [0.29, 0.717) is 35.7 Å². The molecule has 34 heavy (non-hydrogen) atoms. The molecule has 9 heteroatoms. The summed E-state index contributed by atoms with van der Waals surface area (Å²) < 4.78 is 24.5. The van der Waals surface area contributed by atoms with Gasteiger partial charge in [0, 0.05) is 17.0 Å². The first-order chi connectivity index (χ1) is 16.3. The summed E-state index contributed by atoms with van der Waals surface area (Å²) in [5.41, 5.74) is 7.44. The number of nitrogens with one attached hydrogen (secondary N) is 1. The second-order valence-electron chi connectivity index (χ2n) is 7.25. The number of benzene rings is 2. The van der Waals surface area contributed by atoms with Crippen LogP contribution < -0.4 is 20.5 Å². The third kappa shape index (κ3) is 5.89.